The number of nitrogens with one attached hydrogen (secondary N) is 1. The van der Waals surface area contributed by atoms with E-state index < -0.39 is 0 Å². The molecule has 2 aromatic carbocycles. The number of aryl methyl sites for hydroxylation is 1. The maximum Gasteiger partial charge on any atom is 0.171 e. The molecule has 0 spiro atoms. The standard InChI is InChI=1S/C16H16FN3S/c1-9-6-7-12-13(8-9)20-16(19-12)21-14-5-3-4-11(17)15(14)10(2)18/h3-8,10H,18H2,1-2H3,(H,19,20)/t10-/m1/s1. The lowest BCUT2D eigenvalue weighted by atomic mass is 10.1. The van der Waals surface area contributed by atoms with Crippen molar-refractivity contribution in [3.05, 3.63) is 53.3 Å². The number of imidazole rings is 1. The van der Waals surface area contributed by atoms with Gasteiger partial charge in [-0.15, -0.1) is 0 Å². The number of fused-ring (bicyclic) bond motifs is 1. The molecule has 3 aromatic rings. The molecule has 108 valence electrons. The van der Waals surface area contributed by atoms with E-state index in [1.807, 2.05) is 31.2 Å². The monoisotopic (exact) mass is 301 g/mol. The molecular weight excluding hydrogens is 285 g/mol. The molecule has 1 aromatic heterocycles. The molecule has 0 aliphatic rings. The normalized spacial score (nSPS) is 12.8. The van der Waals surface area contributed by atoms with Crippen LogP contribution in [0.5, 0.6) is 0 Å². The second kappa shape index (κ2) is 5.50. The number of rotatable bonds is 3. The van der Waals surface area contributed by atoms with E-state index in [9.17, 15) is 4.39 Å². The van der Waals surface area contributed by atoms with Crippen molar-refractivity contribution >= 4 is 22.8 Å². The Labute approximate surface area is 126 Å². The number of hydrogen-bond donors (Lipinski definition) is 2. The van der Waals surface area contributed by atoms with E-state index in [1.165, 1.54) is 23.4 Å². The molecule has 0 unspecified atom stereocenters. The molecule has 1 heterocycles. The molecular formula is C16H16FN3S. The van der Waals surface area contributed by atoms with Crippen molar-refractivity contribution in [1.29, 1.82) is 0 Å². The van der Waals surface area contributed by atoms with Gasteiger partial charge in [-0.25, -0.2) is 9.37 Å². The minimum atomic E-state index is -0.361. The van der Waals surface area contributed by atoms with Gasteiger partial charge < -0.3 is 10.7 Å². The number of nitrogens with zero attached hydrogens (tertiary/aromatic N) is 1. The lowest BCUT2D eigenvalue weighted by Crippen LogP contribution is -2.09. The van der Waals surface area contributed by atoms with Gasteiger partial charge in [-0.2, -0.15) is 0 Å². The highest BCUT2D eigenvalue weighted by Gasteiger charge is 2.15. The fourth-order valence-electron chi connectivity index (χ4n) is 2.30. The first-order chi connectivity index (χ1) is 10.0. The highest BCUT2D eigenvalue weighted by Crippen LogP contribution is 2.33. The Hall–Kier alpha value is -1.85. The van der Waals surface area contributed by atoms with Crippen LogP contribution in [0.1, 0.15) is 24.1 Å². The first-order valence-electron chi connectivity index (χ1n) is 6.73. The lowest BCUT2D eigenvalue weighted by molar-refractivity contribution is 0.585. The predicted molar refractivity (Wildman–Crippen MR) is 84.0 cm³/mol. The van der Waals surface area contributed by atoms with Crippen LogP contribution in [-0.2, 0) is 0 Å². The average molecular weight is 301 g/mol. The molecule has 0 bridgehead atoms. The van der Waals surface area contributed by atoms with Gasteiger partial charge in [-0.1, -0.05) is 23.9 Å². The summed E-state index contributed by atoms with van der Waals surface area (Å²) in [5.74, 6) is -0.276. The molecule has 0 aliphatic heterocycles. The Balaban J connectivity index is 2.00. The number of hydrogen-bond acceptors (Lipinski definition) is 3. The molecule has 0 fully saturated rings. The zero-order valence-electron chi connectivity index (χ0n) is 11.9. The molecule has 0 radical (unpaired) electrons. The summed E-state index contributed by atoms with van der Waals surface area (Å²) in [4.78, 5) is 8.57. The van der Waals surface area contributed by atoms with Crippen molar-refractivity contribution in [3.63, 3.8) is 0 Å². The number of aromatic nitrogens is 2. The van der Waals surface area contributed by atoms with Gasteiger partial charge in [0.25, 0.3) is 0 Å². The third kappa shape index (κ3) is 2.80. The third-order valence-corrected chi connectivity index (χ3v) is 4.25. The SMILES string of the molecule is Cc1ccc2nc(Sc3cccc(F)c3[C@@H](C)N)[nH]c2c1. The summed E-state index contributed by atoms with van der Waals surface area (Å²) in [6, 6.07) is 10.7. The Morgan fingerprint density at radius 3 is 2.86 bits per heavy atom. The van der Waals surface area contributed by atoms with Crippen LogP contribution in [0.25, 0.3) is 11.0 Å². The Morgan fingerprint density at radius 2 is 2.10 bits per heavy atom. The van der Waals surface area contributed by atoms with Crippen LogP contribution in [-0.4, -0.2) is 9.97 Å². The van der Waals surface area contributed by atoms with E-state index in [2.05, 4.69) is 9.97 Å². The fraction of sp³-hybridized carbons (Fsp3) is 0.188. The number of nitrogens with two attached hydrogens (primary N) is 1. The van der Waals surface area contributed by atoms with Gasteiger partial charge in [0, 0.05) is 16.5 Å². The zero-order chi connectivity index (χ0) is 15.0. The first kappa shape index (κ1) is 14.1. The molecule has 1 atom stereocenters. The van der Waals surface area contributed by atoms with E-state index in [-0.39, 0.29) is 11.9 Å². The molecule has 21 heavy (non-hydrogen) atoms. The van der Waals surface area contributed by atoms with Gasteiger partial charge in [0.1, 0.15) is 5.82 Å². The summed E-state index contributed by atoms with van der Waals surface area (Å²) in [6.07, 6.45) is 0. The maximum atomic E-state index is 13.9. The molecule has 0 amide bonds. The molecule has 0 aliphatic carbocycles. The van der Waals surface area contributed by atoms with Crippen LogP contribution >= 0.6 is 11.8 Å². The summed E-state index contributed by atoms with van der Waals surface area (Å²) in [6.45, 7) is 3.82. The van der Waals surface area contributed by atoms with Crippen LogP contribution in [0.2, 0.25) is 0 Å². The fourth-order valence-corrected chi connectivity index (χ4v) is 3.35. The highest BCUT2D eigenvalue weighted by atomic mass is 32.2. The van der Waals surface area contributed by atoms with Crippen LogP contribution in [0, 0.1) is 12.7 Å². The van der Waals surface area contributed by atoms with E-state index in [0.29, 0.717) is 5.56 Å². The van der Waals surface area contributed by atoms with Crippen LogP contribution in [0.15, 0.2) is 46.5 Å². The Bertz CT molecular complexity index is 795. The molecule has 0 saturated heterocycles. The predicted octanol–water partition coefficient (Wildman–Crippen LogP) is 4.18. The van der Waals surface area contributed by atoms with Gasteiger partial charge in [0.15, 0.2) is 5.16 Å². The van der Waals surface area contributed by atoms with E-state index in [0.717, 1.165) is 21.1 Å². The van der Waals surface area contributed by atoms with Crippen molar-refractivity contribution < 1.29 is 4.39 Å². The van der Waals surface area contributed by atoms with Crippen molar-refractivity contribution in [2.45, 2.75) is 29.9 Å². The minimum Gasteiger partial charge on any atom is -0.333 e. The van der Waals surface area contributed by atoms with Crippen molar-refractivity contribution in [3.8, 4) is 0 Å². The number of H-pyrrole nitrogens is 1. The number of halogens is 1. The van der Waals surface area contributed by atoms with Crippen LogP contribution in [0.4, 0.5) is 4.39 Å². The summed E-state index contributed by atoms with van der Waals surface area (Å²) in [5.41, 5.74) is 9.47. The Morgan fingerprint density at radius 1 is 1.29 bits per heavy atom. The number of benzene rings is 2. The largest absolute Gasteiger partial charge is 0.333 e. The van der Waals surface area contributed by atoms with E-state index >= 15 is 0 Å². The van der Waals surface area contributed by atoms with Gasteiger partial charge >= 0.3 is 0 Å². The van der Waals surface area contributed by atoms with Crippen molar-refractivity contribution in [2.75, 3.05) is 0 Å². The summed E-state index contributed by atoms with van der Waals surface area (Å²) >= 11 is 1.40. The van der Waals surface area contributed by atoms with Crippen molar-refractivity contribution in [2.24, 2.45) is 5.73 Å². The van der Waals surface area contributed by atoms with Crippen LogP contribution < -0.4 is 5.73 Å². The maximum absolute atomic E-state index is 13.9. The molecule has 3 N–H and O–H groups in total. The smallest absolute Gasteiger partial charge is 0.171 e. The Kier molecular flexibility index (Phi) is 3.69. The topological polar surface area (TPSA) is 54.7 Å². The molecule has 0 saturated carbocycles. The van der Waals surface area contributed by atoms with Gasteiger partial charge in [0.2, 0.25) is 0 Å². The minimum absolute atomic E-state index is 0.276. The number of aromatic amines is 1. The summed E-state index contributed by atoms with van der Waals surface area (Å²) < 4.78 is 13.9. The molecule has 5 heteroatoms. The van der Waals surface area contributed by atoms with Gasteiger partial charge in [-0.3, -0.25) is 0 Å². The van der Waals surface area contributed by atoms with Gasteiger partial charge in [0.05, 0.1) is 11.0 Å². The molecule has 3 rings (SSSR count). The summed E-state index contributed by atoms with van der Waals surface area (Å²) in [5, 5.41) is 0.739. The van der Waals surface area contributed by atoms with Crippen LogP contribution in [0.3, 0.4) is 0 Å². The van der Waals surface area contributed by atoms with Crippen molar-refractivity contribution in [1.82, 2.24) is 9.97 Å². The second-order valence-electron chi connectivity index (χ2n) is 5.10. The summed E-state index contributed by atoms with van der Waals surface area (Å²) in [7, 11) is 0. The van der Waals surface area contributed by atoms with E-state index in [1.54, 1.807) is 13.0 Å². The van der Waals surface area contributed by atoms with E-state index in [4.69, 9.17) is 5.73 Å². The quantitative estimate of drug-likeness (QED) is 0.763. The average Bonchev–Trinajstić information content (AvgIpc) is 2.79. The lowest BCUT2D eigenvalue weighted by Gasteiger charge is -2.12. The second-order valence-corrected chi connectivity index (χ2v) is 6.14. The van der Waals surface area contributed by atoms with Gasteiger partial charge in [-0.05, 0) is 43.7 Å². The highest BCUT2D eigenvalue weighted by molar-refractivity contribution is 7.99. The first-order valence-corrected chi connectivity index (χ1v) is 7.54. The third-order valence-electron chi connectivity index (χ3n) is 3.29. The zero-order valence-corrected chi connectivity index (χ0v) is 12.7. The molecule has 3 nitrogen and oxygen atoms in total.